The maximum absolute atomic E-state index is 15.2. The Morgan fingerprint density at radius 1 is 1.00 bits per heavy atom. The van der Waals surface area contributed by atoms with Gasteiger partial charge in [0.2, 0.25) is 20.7 Å². The van der Waals surface area contributed by atoms with E-state index in [1.807, 2.05) is 0 Å². The molecule has 1 N–H and O–H groups in total. The smallest absolute Gasteiger partial charge is 0.353 e. The van der Waals surface area contributed by atoms with Crippen LogP contribution < -0.4 is 5.32 Å². The van der Waals surface area contributed by atoms with Gasteiger partial charge in [0.25, 0.3) is 0 Å². The molecular formula is C18H18F7NO3S. The molecule has 0 bridgehead atoms. The van der Waals surface area contributed by atoms with Gasteiger partial charge in [0.1, 0.15) is 5.41 Å². The third-order valence-electron chi connectivity index (χ3n) is 5.75. The van der Waals surface area contributed by atoms with Crippen LogP contribution >= 0.6 is 0 Å². The second-order valence-electron chi connectivity index (χ2n) is 7.74. The zero-order valence-electron chi connectivity index (χ0n) is 15.4. The Balaban J connectivity index is 1.71. The maximum Gasteiger partial charge on any atom is 0.416 e. The molecule has 0 saturated heterocycles. The van der Waals surface area contributed by atoms with Crippen molar-refractivity contribution in [1.82, 2.24) is 5.32 Å². The molecule has 2 aliphatic rings. The van der Waals surface area contributed by atoms with E-state index in [9.17, 15) is 39.6 Å². The van der Waals surface area contributed by atoms with Crippen molar-refractivity contribution in [3.63, 3.8) is 0 Å². The van der Waals surface area contributed by atoms with Crippen molar-refractivity contribution in [2.24, 2.45) is 5.41 Å². The highest BCUT2D eigenvalue weighted by Crippen LogP contribution is 2.58. The molecule has 168 valence electrons. The summed E-state index contributed by atoms with van der Waals surface area (Å²) in [5.41, 5.74) is -3.68. The summed E-state index contributed by atoms with van der Waals surface area (Å²) in [5, 5.41) is -0.658. The van der Waals surface area contributed by atoms with Crippen LogP contribution in [-0.4, -0.2) is 31.5 Å². The molecule has 3 rings (SSSR count). The zero-order valence-corrected chi connectivity index (χ0v) is 16.2. The van der Waals surface area contributed by atoms with Crippen molar-refractivity contribution >= 4 is 15.7 Å². The number of benzene rings is 1. The molecule has 0 unspecified atom stereocenters. The van der Waals surface area contributed by atoms with Crippen LogP contribution in [0, 0.1) is 5.41 Å². The quantitative estimate of drug-likeness (QED) is 0.670. The van der Waals surface area contributed by atoms with Crippen molar-refractivity contribution in [3.05, 3.63) is 29.8 Å². The predicted molar refractivity (Wildman–Crippen MR) is 90.6 cm³/mol. The monoisotopic (exact) mass is 461 g/mol. The molecule has 0 spiro atoms. The van der Waals surface area contributed by atoms with Crippen LogP contribution in [0.5, 0.6) is 0 Å². The summed E-state index contributed by atoms with van der Waals surface area (Å²) in [4.78, 5) is 11.2. The van der Waals surface area contributed by atoms with E-state index in [-0.39, 0.29) is 25.7 Å². The van der Waals surface area contributed by atoms with Gasteiger partial charge < -0.3 is 5.32 Å². The first-order chi connectivity index (χ1) is 13.6. The van der Waals surface area contributed by atoms with Gasteiger partial charge in [0.15, 0.2) is 0 Å². The van der Waals surface area contributed by atoms with Crippen molar-refractivity contribution in [2.75, 3.05) is 0 Å². The van der Waals surface area contributed by atoms with E-state index in [0.29, 0.717) is 12.1 Å². The van der Waals surface area contributed by atoms with Gasteiger partial charge in [-0.15, -0.1) is 0 Å². The summed E-state index contributed by atoms with van der Waals surface area (Å²) in [6.45, 7) is 0. The average Bonchev–Trinajstić information content (AvgIpc) is 3.45. The molecule has 12 heteroatoms. The van der Waals surface area contributed by atoms with Gasteiger partial charge in [-0.2, -0.15) is 26.3 Å². The van der Waals surface area contributed by atoms with Crippen LogP contribution in [0.25, 0.3) is 0 Å². The minimum absolute atomic E-state index is 0.256. The lowest BCUT2D eigenvalue weighted by Gasteiger charge is -2.34. The van der Waals surface area contributed by atoms with Gasteiger partial charge >= 0.3 is 12.4 Å². The van der Waals surface area contributed by atoms with E-state index in [1.165, 1.54) is 0 Å². The predicted octanol–water partition coefficient (Wildman–Crippen LogP) is 4.55. The molecule has 0 aliphatic heterocycles. The van der Waals surface area contributed by atoms with E-state index in [0.717, 1.165) is 12.1 Å². The summed E-state index contributed by atoms with van der Waals surface area (Å²) in [7, 11) is -4.79. The Labute approximate surface area is 167 Å². The molecular weight excluding hydrogens is 443 g/mol. The fraction of sp³-hybridized carbons (Fsp3) is 0.611. The van der Waals surface area contributed by atoms with Gasteiger partial charge in [0.05, 0.1) is 10.5 Å². The minimum atomic E-state index is -4.81. The molecule has 2 saturated carbocycles. The number of nitrogens with one attached hydrogen (secondary N) is 1. The largest absolute Gasteiger partial charge is 0.416 e. The van der Waals surface area contributed by atoms with Crippen LogP contribution in [0.3, 0.4) is 0 Å². The van der Waals surface area contributed by atoms with Crippen LogP contribution in [0.2, 0.25) is 0 Å². The molecule has 0 radical (unpaired) electrons. The van der Waals surface area contributed by atoms with Crippen LogP contribution in [0.15, 0.2) is 29.2 Å². The first kappa shape index (κ1) is 22.8. The molecule has 1 aromatic carbocycles. The Hall–Kier alpha value is -1.85. The Morgan fingerprint density at radius 3 is 2.03 bits per heavy atom. The number of hydrogen-bond donors (Lipinski definition) is 1. The number of amides is 1. The molecule has 2 aliphatic carbocycles. The Kier molecular flexibility index (Phi) is 5.40. The first-order valence-electron chi connectivity index (χ1n) is 9.11. The molecule has 0 heterocycles. The van der Waals surface area contributed by atoms with E-state index in [4.69, 9.17) is 0 Å². The molecule has 0 atom stereocenters. The molecule has 0 aromatic heterocycles. The van der Waals surface area contributed by atoms with Gasteiger partial charge in [0, 0.05) is 6.04 Å². The normalized spacial score (nSPS) is 26.8. The number of carbonyl (C=O) groups is 1. The lowest BCUT2D eigenvalue weighted by atomic mass is 9.92. The number of halogens is 7. The molecule has 2 fully saturated rings. The SMILES string of the molecule is O=C(NC1CCC(F)(S(=O)(=O)c2cccc(C(F)(F)F)c2)CC1)C1(C(F)(F)F)CC1. The second kappa shape index (κ2) is 7.10. The summed E-state index contributed by atoms with van der Waals surface area (Å²) in [5.74, 6) is -1.22. The highest BCUT2D eigenvalue weighted by Gasteiger charge is 2.68. The molecule has 1 amide bonds. The van der Waals surface area contributed by atoms with Crippen molar-refractivity contribution < 1.29 is 43.9 Å². The summed E-state index contributed by atoms with van der Waals surface area (Å²) in [6.07, 6.45) is -12.0. The third-order valence-corrected chi connectivity index (χ3v) is 7.99. The van der Waals surface area contributed by atoms with Gasteiger partial charge in [-0.3, -0.25) is 4.79 Å². The van der Waals surface area contributed by atoms with Crippen LogP contribution in [0.1, 0.15) is 44.1 Å². The topological polar surface area (TPSA) is 63.2 Å². The summed E-state index contributed by atoms with van der Waals surface area (Å²) < 4.78 is 118. The van der Waals surface area contributed by atoms with E-state index in [1.54, 1.807) is 0 Å². The van der Waals surface area contributed by atoms with Crippen molar-refractivity contribution in [2.45, 2.75) is 66.8 Å². The first-order valence-corrected chi connectivity index (χ1v) is 10.6. The second-order valence-corrected chi connectivity index (χ2v) is 9.95. The fourth-order valence-electron chi connectivity index (χ4n) is 3.60. The number of rotatable bonds is 4. The number of sulfone groups is 1. The fourth-order valence-corrected chi connectivity index (χ4v) is 5.34. The number of alkyl halides is 7. The lowest BCUT2D eigenvalue weighted by molar-refractivity contribution is -0.192. The highest BCUT2D eigenvalue weighted by atomic mass is 32.2. The van der Waals surface area contributed by atoms with Gasteiger partial charge in [-0.25, -0.2) is 12.8 Å². The van der Waals surface area contributed by atoms with Crippen molar-refractivity contribution in [1.29, 1.82) is 0 Å². The third kappa shape index (κ3) is 3.90. The van der Waals surface area contributed by atoms with Crippen LogP contribution in [0.4, 0.5) is 30.7 Å². The zero-order chi connectivity index (χ0) is 22.6. The number of hydrogen-bond acceptors (Lipinski definition) is 3. The Bertz CT molecular complexity index is 928. The highest BCUT2D eigenvalue weighted by molar-refractivity contribution is 7.92. The maximum atomic E-state index is 15.2. The molecule has 4 nitrogen and oxygen atoms in total. The van der Waals surface area contributed by atoms with Crippen LogP contribution in [-0.2, 0) is 20.8 Å². The molecule has 30 heavy (non-hydrogen) atoms. The Morgan fingerprint density at radius 2 is 1.57 bits per heavy atom. The van der Waals surface area contributed by atoms with E-state index >= 15 is 4.39 Å². The van der Waals surface area contributed by atoms with Crippen molar-refractivity contribution in [3.8, 4) is 0 Å². The molecule has 1 aromatic rings. The van der Waals surface area contributed by atoms with E-state index < -0.39 is 67.9 Å². The van der Waals surface area contributed by atoms with Gasteiger partial charge in [-0.1, -0.05) is 6.07 Å². The number of carbonyl (C=O) groups excluding carboxylic acids is 1. The summed E-state index contributed by atoms with van der Waals surface area (Å²) in [6, 6.07) is 1.88. The lowest BCUT2D eigenvalue weighted by Crippen LogP contribution is -2.49. The van der Waals surface area contributed by atoms with Gasteiger partial charge in [-0.05, 0) is 56.7 Å². The minimum Gasteiger partial charge on any atom is -0.353 e. The summed E-state index contributed by atoms with van der Waals surface area (Å²) >= 11 is 0. The standard InChI is InChI=1S/C18H18F7NO3S/c19-16(30(28,29)13-3-1-2-11(10-13)17(20,21)22)6-4-12(5-7-16)26-14(27)15(8-9-15)18(23,24)25/h1-3,10,12H,4-9H2,(H,26,27). The van der Waals surface area contributed by atoms with E-state index in [2.05, 4.69) is 5.32 Å². The average molecular weight is 461 g/mol.